The van der Waals surface area contributed by atoms with Crippen LogP contribution < -0.4 is 0 Å². The number of hydrogen-bond donors (Lipinski definition) is 0. The number of carbonyl (C=O) groups is 6. The Labute approximate surface area is 194 Å². The van der Waals surface area contributed by atoms with Crippen molar-refractivity contribution in [1.29, 1.82) is 0 Å². The molecule has 2 atom stereocenters. The van der Waals surface area contributed by atoms with Crippen molar-refractivity contribution in [2.75, 3.05) is 20.3 Å². The second-order valence-corrected chi connectivity index (χ2v) is 8.15. The highest BCUT2D eigenvalue weighted by molar-refractivity contribution is 6.25. The van der Waals surface area contributed by atoms with Crippen molar-refractivity contribution in [2.45, 2.75) is 32.4 Å². The van der Waals surface area contributed by atoms with Crippen LogP contribution in [0, 0.1) is 0 Å². The van der Waals surface area contributed by atoms with Crippen LogP contribution in [0.25, 0.3) is 0 Å². The molecular formula is C24H22N2O8. The predicted octanol–water partition coefficient (Wildman–Crippen LogP) is 0.570. The lowest BCUT2D eigenvalue weighted by atomic mass is 9.77. The van der Waals surface area contributed by atoms with E-state index in [0.717, 1.165) is 16.7 Å². The number of carbonyl (C=O) groups excluding carboxylic acids is 6. The first-order valence-electron chi connectivity index (χ1n) is 10.6. The van der Waals surface area contributed by atoms with Crippen LogP contribution in [-0.2, 0) is 33.4 Å². The third kappa shape index (κ3) is 3.60. The highest BCUT2D eigenvalue weighted by atomic mass is 16.5. The van der Waals surface area contributed by atoms with E-state index in [1.807, 2.05) is 0 Å². The first-order chi connectivity index (χ1) is 16.2. The smallest absolute Gasteiger partial charge is 0.338 e. The van der Waals surface area contributed by atoms with Gasteiger partial charge in [0.05, 0.1) is 18.7 Å². The summed E-state index contributed by atoms with van der Waals surface area (Å²) < 4.78 is 10.6. The van der Waals surface area contributed by atoms with Gasteiger partial charge < -0.3 is 14.4 Å². The van der Waals surface area contributed by atoms with Gasteiger partial charge >= 0.3 is 5.97 Å². The number of amides is 3. The van der Waals surface area contributed by atoms with Crippen molar-refractivity contribution in [3.63, 3.8) is 0 Å². The van der Waals surface area contributed by atoms with Gasteiger partial charge in [-0.3, -0.25) is 28.9 Å². The van der Waals surface area contributed by atoms with E-state index >= 15 is 0 Å². The molecule has 176 valence electrons. The first-order valence-corrected chi connectivity index (χ1v) is 10.6. The third-order valence-corrected chi connectivity index (χ3v) is 6.23. The second kappa shape index (κ2) is 8.69. The number of imide groups is 1. The molecule has 2 heterocycles. The Morgan fingerprint density at radius 3 is 2.35 bits per heavy atom. The maximum atomic E-state index is 13.3. The number of allylic oxidation sites excluding steroid dienone is 2. The fraction of sp³-hybridized carbons (Fsp3) is 0.333. The lowest BCUT2D eigenvalue weighted by Crippen LogP contribution is -2.67. The number of ketones is 2. The minimum atomic E-state index is -1.20. The van der Waals surface area contributed by atoms with Crippen molar-refractivity contribution in [2.24, 2.45) is 0 Å². The van der Waals surface area contributed by atoms with Crippen molar-refractivity contribution in [1.82, 2.24) is 9.80 Å². The zero-order valence-corrected chi connectivity index (χ0v) is 18.8. The average Bonchev–Trinajstić information content (AvgIpc) is 2.83. The molecule has 1 aromatic carbocycles. The molecule has 1 aromatic rings. The molecule has 1 fully saturated rings. The van der Waals surface area contributed by atoms with E-state index in [0.29, 0.717) is 0 Å². The number of piperazine rings is 1. The largest absolute Gasteiger partial charge is 0.492 e. The molecule has 10 heteroatoms. The summed E-state index contributed by atoms with van der Waals surface area (Å²) in [6.07, 6.45) is -0.252. The van der Waals surface area contributed by atoms with E-state index in [1.54, 1.807) is 30.3 Å². The number of rotatable bonds is 4. The Balaban J connectivity index is 1.76. The van der Waals surface area contributed by atoms with Gasteiger partial charge in [-0.1, -0.05) is 18.2 Å². The summed E-state index contributed by atoms with van der Waals surface area (Å²) in [6, 6.07) is 5.76. The molecule has 0 unspecified atom stereocenters. The fourth-order valence-electron chi connectivity index (χ4n) is 4.59. The van der Waals surface area contributed by atoms with Crippen LogP contribution >= 0.6 is 0 Å². The summed E-state index contributed by atoms with van der Waals surface area (Å²) in [6.45, 7) is 1.65. The highest BCUT2D eigenvalue weighted by Crippen LogP contribution is 2.39. The quantitative estimate of drug-likeness (QED) is 0.466. The van der Waals surface area contributed by atoms with Crippen molar-refractivity contribution in [3.8, 4) is 0 Å². The first kappa shape index (κ1) is 23.1. The monoisotopic (exact) mass is 466 g/mol. The summed E-state index contributed by atoms with van der Waals surface area (Å²) in [5.74, 6) is -3.80. The summed E-state index contributed by atoms with van der Waals surface area (Å²) >= 11 is 0. The molecule has 0 spiro atoms. The van der Waals surface area contributed by atoms with Crippen LogP contribution in [0.4, 0.5) is 0 Å². The van der Waals surface area contributed by atoms with Crippen molar-refractivity contribution < 1.29 is 38.2 Å². The van der Waals surface area contributed by atoms with E-state index in [2.05, 4.69) is 0 Å². The SMILES string of the molecule is COC1=C(C)C(=O)C2=C(C[C@@H]3C(=O)N(C(C)=O)CC(=O)N3[C@H]2COC(=O)c2ccccc2)C1=O. The minimum absolute atomic E-state index is 0.00200. The zero-order valence-electron chi connectivity index (χ0n) is 18.8. The van der Waals surface area contributed by atoms with Crippen LogP contribution in [0.3, 0.4) is 0 Å². The molecule has 0 saturated carbocycles. The number of ether oxygens (including phenoxy) is 2. The molecule has 1 aliphatic carbocycles. The topological polar surface area (TPSA) is 127 Å². The average molecular weight is 466 g/mol. The molecule has 0 radical (unpaired) electrons. The Bertz CT molecular complexity index is 1200. The Kier molecular flexibility index (Phi) is 5.90. The Morgan fingerprint density at radius 1 is 1.06 bits per heavy atom. The van der Waals surface area contributed by atoms with Crippen LogP contribution in [-0.4, -0.2) is 77.4 Å². The van der Waals surface area contributed by atoms with Crippen molar-refractivity contribution in [3.05, 3.63) is 58.4 Å². The van der Waals surface area contributed by atoms with E-state index in [1.165, 1.54) is 14.0 Å². The summed E-state index contributed by atoms with van der Waals surface area (Å²) in [7, 11) is 1.26. The molecule has 34 heavy (non-hydrogen) atoms. The van der Waals surface area contributed by atoms with Gasteiger partial charge in [-0.2, -0.15) is 0 Å². The maximum Gasteiger partial charge on any atom is 0.338 e. The van der Waals surface area contributed by atoms with Crippen LogP contribution in [0.5, 0.6) is 0 Å². The van der Waals surface area contributed by atoms with E-state index in [4.69, 9.17) is 9.47 Å². The number of hydrogen-bond acceptors (Lipinski definition) is 8. The Morgan fingerprint density at radius 2 is 1.74 bits per heavy atom. The standard InChI is InChI=1S/C24H22N2O8/c1-12-20(29)19-15(21(30)22(12)33-3)9-16-23(31)25(13(2)27)10-18(28)26(16)17(19)11-34-24(32)14-7-5-4-6-8-14/h4-8,16-17H,9-11H2,1-3H3/t16-,17+/m1/s1. The molecule has 1 saturated heterocycles. The molecule has 10 nitrogen and oxygen atoms in total. The molecule has 0 aromatic heterocycles. The predicted molar refractivity (Wildman–Crippen MR) is 115 cm³/mol. The lowest BCUT2D eigenvalue weighted by Gasteiger charge is -2.47. The van der Waals surface area contributed by atoms with Gasteiger partial charge in [-0.25, -0.2) is 4.79 Å². The molecule has 3 aliphatic rings. The van der Waals surface area contributed by atoms with Gasteiger partial charge in [0.15, 0.2) is 11.5 Å². The van der Waals surface area contributed by atoms with Gasteiger partial charge in [0.1, 0.15) is 19.2 Å². The van der Waals surface area contributed by atoms with Gasteiger partial charge in [0.25, 0.3) is 5.91 Å². The number of Topliss-reactive ketones (excluding diaryl/α,β-unsaturated/α-hetero) is 2. The van der Waals surface area contributed by atoms with Gasteiger partial charge in [0, 0.05) is 30.1 Å². The molecule has 0 N–H and O–H groups in total. The van der Waals surface area contributed by atoms with Crippen molar-refractivity contribution >= 4 is 35.3 Å². The van der Waals surface area contributed by atoms with Gasteiger partial charge in [0.2, 0.25) is 17.6 Å². The van der Waals surface area contributed by atoms with Gasteiger partial charge in [-0.15, -0.1) is 0 Å². The molecule has 0 bridgehead atoms. The maximum absolute atomic E-state index is 13.3. The highest BCUT2D eigenvalue weighted by Gasteiger charge is 2.53. The third-order valence-electron chi connectivity index (χ3n) is 6.23. The van der Waals surface area contributed by atoms with E-state index in [9.17, 15) is 28.8 Å². The summed E-state index contributed by atoms with van der Waals surface area (Å²) in [5.41, 5.74) is 0.334. The van der Waals surface area contributed by atoms with Crippen LogP contribution in [0.1, 0.15) is 30.6 Å². The number of methoxy groups -OCH3 is 1. The number of benzene rings is 1. The fourth-order valence-corrected chi connectivity index (χ4v) is 4.59. The van der Waals surface area contributed by atoms with Gasteiger partial charge in [-0.05, 0) is 19.1 Å². The molecular weight excluding hydrogens is 444 g/mol. The Hall–Kier alpha value is -4.08. The molecule has 4 rings (SSSR count). The van der Waals surface area contributed by atoms with E-state index in [-0.39, 0.29) is 34.5 Å². The van der Waals surface area contributed by atoms with E-state index < -0.39 is 60.5 Å². The number of nitrogens with zero attached hydrogens (tertiary/aromatic N) is 2. The molecule has 2 aliphatic heterocycles. The zero-order chi connectivity index (χ0) is 24.7. The number of esters is 1. The summed E-state index contributed by atoms with van der Waals surface area (Å²) in [5, 5.41) is 0. The van der Waals surface area contributed by atoms with Crippen LogP contribution in [0.2, 0.25) is 0 Å². The van der Waals surface area contributed by atoms with Crippen LogP contribution in [0.15, 0.2) is 52.8 Å². The minimum Gasteiger partial charge on any atom is -0.492 e. The second-order valence-electron chi connectivity index (χ2n) is 8.15. The molecule has 3 amide bonds. The lowest BCUT2D eigenvalue weighted by molar-refractivity contribution is -0.164. The normalized spacial score (nSPS) is 22.6. The summed E-state index contributed by atoms with van der Waals surface area (Å²) in [4.78, 5) is 79.0. The number of fused-ring (bicyclic) bond motifs is 1.